The minimum atomic E-state index is -0.211. The average molecular weight is 275 g/mol. The van der Waals surface area contributed by atoms with E-state index in [4.69, 9.17) is 5.73 Å². The molecule has 0 unspecified atom stereocenters. The zero-order valence-corrected chi connectivity index (χ0v) is 11.9. The predicted octanol–water partition coefficient (Wildman–Crippen LogP) is 1.51. The van der Waals surface area contributed by atoms with Crippen LogP contribution in [0.2, 0.25) is 0 Å². The Labute approximate surface area is 117 Å². The van der Waals surface area contributed by atoms with Gasteiger partial charge in [-0.15, -0.1) is 10.2 Å². The van der Waals surface area contributed by atoms with E-state index in [0.717, 1.165) is 0 Å². The first-order valence-corrected chi connectivity index (χ1v) is 6.54. The first-order valence-electron chi connectivity index (χ1n) is 6.54. The third kappa shape index (κ3) is 2.47. The van der Waals surface area contributed by atoms with Gasteiger partial charge in [-0.3, -0.25) is 9.48 Å². The molecule has 0 fully saturated rings. The molecule has 7 heteroatoms. The Balaban J connectivity index is 2.41. The number of anilines is 1. The molecule has 0 saturated carbocycles. The summed E-state index contributed by atoms with van der Waals surface area (Å²) >= 11 is 0. The summed E-state index contributed by atoms with van der Waals surface area (Å²) in [5.41, 5.74) is 6.62. The molecule has 0 bridgehead atoms. The van der Waals surface area contributed by atoms with Crippen LogP contribution >= 0.6 is 0 Å². The molecular formula is C13H19N6O+. The molecule has 2 aromatic rings. The summed E-state index contributed by atoms with van der Waals surface area (Å²) in [7, 11) is 1.92. The van der Waals surface area contributed by atoms with Gasteiger partial charge in [0.2, 0.25) is 0 Å². The molecule has 0 spiro atoms. The van der Waals surface area contributed by atoms with Crippen LogP contribution in [0.25, 0.3) is 0 Å². The molecule has 2 heterocycles. The topological polar surface area (TPSA) is 81.6 Å². The molecule has 0 aliphatic rings. The fraction of sp³-hybridized carbons (Fsp3) is 0.385. The quantitative estimate of drug-likeness (QED) is 0.678. The second-order valence-corrected chi connectivity index (χ2v) is 4.39. The lowest BCUT2D eigenvalue weighted by Gasteiger charge is -2.07. The zero-order valence-electron chi connectivity index (χ0n) is 11.9. The minimum Gasteiger partial charge on any atom is -0.382 e. The SMILES string of the molecule is CCn1c(N)c(N=Nc2cc[n+](C)cc2)c(=O)n1CC. The van der Waals surface area contributed by atoms with Gasteiger partial charge in [-0.2, -0.15) is 0 Å². The summed E-state index contributed by atoms with van der Waals surface area (Å²) in [4.78, 5) is 12.2. The van der Waals surface area contributed by atoms with Gasteiger partial charge in [0.25, 0.3) is 5.56 Å². The number of hydrogen-bond donors (Lipinski definition) is 1. The third-order valence-corrected chi connectivity index (χ3v) is 3.07. The number of azo groups is 1. The molecule has 7 nitrogen and oxygen atoms in total. The van der Waals surface area contributed by atoms with Crippen LogP contribution in [0.3, 0.4) is 0 Å². The van der Waals surface area contributed by atoms with Gasteiger partial charge in [0, 0.05) is 25.2 Å². The first kappa shape index (κ1) is 14.0. The Morgan fingerprint density at radius 1 is 1.15 bits per heavy atom. The van der Waals surface area contributed by atoms with Crippen molar-refractivity contribution in [2.45, 2.75) is 26.9 Å². The Morgan fingerprint density at radius 3 is 2.25 bits per heavy atom. The summed E-state index contributed by atoms with van der Waals surface area (Å²) in [6.07, 6.45) is 3.72. The van der Waals surface area contributed by atoms with Crippen LogP contribution in [-0.2, 0) is 20.1 Å². The van der Waals surface area contributed by atoms with Gasteiger partial charge in [-0.05, 0) is 13.8 Å². The Kier molecular flexibility index (Phi) is 3.97. The van der Waals surface area contributed by atoms with E-state index in [9.17, 15) is 4.79 Å². The molecule has 2 N–H and O–H groups in total. The number of rotatable bonds is 4. The highest BCUT2D eigenvalue weighted by Gasteiger charge is 2.15. The fourth-order valence-corrected chi connectivity index (χ4v) is 2.01. The van der Waals surface area contributed by atoms with E-state index in [2.05, 4.69) is 10.2 Å². The van der Waals surface area contributed by atoms with Crippen LogP contribution in [0, 0.1) is 0 Å². The molecule has 0 aliphatic carbocycles. The van der Waals surface area contributed by atoms with E-state index >= 15 is 0 Å². The number of nitrogens with zero attached hydrogens (tertiary/aromatic N) is 5. The molecular weight excluding hydrogens is 256 g/mol. The molecule has 0 saturated heterocycles. The monoisotopic (exact) mass is 275 g/mol. The van der Waals surface area contributed by atoms with Gasteiger partial charge in [0.15, 0.2) is 23.9 Å². The highest BCUT2D eigenvalue weighted by atomic mass is 16.1. The van der Waals surface area contributed by atoms with Crippen LogP contribution in [0.1, 0.15) is 13.8 Å². The third-order valence-electron chi connectivity index (χ3n) is 3.07. The molecule has 2 aromatic heterocycles. The second kappa shape index (κ2) is 5.68. The molecule has 106 valence electrons. The summed E-state index contributed by atoms with van der Waals surface area (Å²) in [6, 6.07) is 3.63. The van der Waals surface area contributed by atoms with Gasteiger partial charge in [-0.1, -0.05) is 0 Å². The van der Waals surface area contributed by atoms with Crippen LogP contribution < -0.4 is 15.9 Å². The first-order chi connectivity index (χ1) is 9.58. The van der Waals surface area contributed by atoms with Gasteiger partial charge in [-0.25, -0.2) is 9.25 Å². The van der Waals surface area contributed by atoms with Crippen molar-refractivity contribution in [2.24, 2.45) is 17.3 Å². The maximum atomic E-state index is 12.2. The lowest BCUT2D eigenvalue weighted by molar-refractivity contribution is -0.671. The molecule has 0 aromatic carbocycles. The minimum absolute atomic E-state index is 0.196. The van der Waals surface area contributed by atoms with Crippen LogP contribution in [0.15, 0.2) is 39.5 Å². The van der Waals surface area contributed by atoms with Crippen LogP contribution in [-0.4, -0.2) is 9.36 Å². The molecule has 0 atom stereocenters. The predicted molar refractivity (Wildman–Crippen MR) is 76.2 cm³/mol. The van der Waals surface area contributed by atoms with E-state index in [1.54, 1.807) is 9.36 Å². The lowest BCUT2D eigenvalue weighted by atomic mass is 10.4. The molecule has 2 rings (SSSR count). The van der Waals surface area contributed by atoms with Crippen molar-refractivity contribution in [3.05, 3.63) is 34.9 Å². The second-order valence-electron chi connectivity index (χ2n) is 4.39. The smallest absolute Gasteiger partial charge is 0.296 e. The highest BCUT2D eigenvalue weighted by molar-refractivity contribution is 5.56. The summed E-state index contributed by atoms with van der Waals surface area (Å²) < 4.78 is 5.17. The zero-order chi connectivity index (χ0) is 14.7. The molecule has 0 aliphatic heterocycles. The van der Waals surface area contributed by atoms with Gasteiger partial charge in [0.05, 0.1) is 5.69 Å². The Bertz CT molecular complexity index is 680. The maximum absolute atomic E-state index is 12.2. The van der Waals surface area contributed by atoms with Crippen molar-refractivity contribution in [3.8, 4) is 0 Å². The van der Waals surface area contributed by atoms with Crippen molar-refractivity contribution in [3.63, 3.8) is 0 Å². The number of aryl methyl sites for hydroxylation is 1. The summed E-state index contributed by atoms with van der Waals surface area (Å²) in [5, 5.41) is 8.09. The van der Waals surface area contributed by atoms with Crippen molar-refractivity contribution < 1.29 is 4.57 Å². The van der Waals surface area contributed by atoms with Crippen molar-refractivity contribution in [2.75, 3.05) is 5.73 Å². The average Bonchev–Trinajstić information content (AvgIpc) is 2.68. The van der Waals surface area contributed by atoms with Gasteiger partial charge < -0.3 is 5.73 Å². The Morgan fingerprint density at radius 2 is 1.75 bits per heavy atom. The van der Waals surface area contributed by atoms with Crippen LogP contribution in [0.4, 0.5) is 17.2 Å². The Hall–Kier alpha value is -2.44. The lowest BCUT2D eigenvalue weighted by Crippen LogP contribution is -2.25. The number of hydrogen-bond acceptors (Lipinski definition) is 4. The van der Waals surface area contributed by atoms with E-state index in [0.29, 0.717) is 24.6 Å². The van der Waals surface area contributed by atoms with E-state index in [-0.39, 0.29) is 11.2 Å². The van der Waals surface area contributed by atoms with E-state index < -0.39 is 0 Å². The van der Waals surface area contributed by atoms with Crippen molar-refractivity contribution in [1.29, 1.82) is 0 Å². The molecule has 0 amide bonds. The largest absolute Gasteiger partial charge is 0.382 e. The van der Waals surface area contributed by atoms with Crippen molar-refractivity contribution in [1.82, 2.24) is 9.36 Å². The van der Waals surface area contributed by atoms with Crippen LogP contribution in [0.5, 0.6) is 0 Å². The standard InChI is InChI=1S/C13H18N6O/c1-4-18-12(14)11(13(20)19(18)5-2)16-15-10-6-8-17(3)9-7-10/h6-9,14H,4-5H2,1-3H3/p+1. The van der Waals surface area contributed by atoms with Gasteiger partial charge >= 0.3 is 0 Å². The van der Waals surface area contributed by atoms with Gasteiger partial charge in [0.1, 0.15) is 7.05 Å². The number of nitrogens with two attached hydrogens (primary N) is 1. The number of nitrogen functional groups attached to an aromatic ring is 1. The number of pyridine rings is 1. The number of aromatic nitrogens is 3. The maximum Gasteiger partial charge on any atom is 0.296 e. The highest BCUT2D eigenvalue weighted by Crippen LogP contribution is 2.21. The van der Waals surface area contributed by atoms with E-state index in [1.807, 2.05) is 50.0 Å². The normalized spacial score (nSPS) is 11.3. The summed E-state index contributed by atoms with van der Waals surface area (Å²) in [5.74, 6) is 0.351. The molecule has 0 radical (unpaired) electrons. The summed E-state index contributed by atoms with van der Waals surface area (Å²) in [6.45, 7) is 4.99. The fourth-order valence-electron chi connectivity index (χ4n) is 2.01. The molecule has 20 heavy (non-hydrogen) atoms. The van der Waals surface area contributed by atoms with Crippen molar-refractivity contribution >= 4 is 17.2 Å². The van der Waals surface area contributed by atoms with E-state index in [1.165, 1.54) is 0 Å².